The number of rotatable bonds is 4. The van der Waals surface area contributed by atoms with Gasteiger partial charge in [0.05, 0.1) is 21.3 Å². The molecule has 4 nitrogen and oxygen atoms in total. The molecule has 0 aliphatic heterocycles. The Labute approximate surface area is 82.4 Å². The van der Waals surface area contributed by atoms with Crippen molar-refractivity contribution in [3.05, 3.63) is 17.7 Å². The minimum atomic E-state index is 0.481. The third kappa shape index (κ3) is 1.79. The number of hydrogen-bond acceptors (Lipinski definition) is 4. The lowest BCUT2D eigenvalue weighted by molar-refractivity contribution is 0.112. The summed E-state index contributed by atoms with van der Waals surface area (Å²) in [4.78, 5) is 10.6. The van der Waals surface area contributed by atoms with Crippen LogP contribution < -0.4 is 14.2 Å². The number of benzene rings is 1. The largest absolute Gasteiger partial charge is 0.493 e. The number of methoxy groups -OCH3 is 3. The maximum Gasteiger partial charge on any atom is 0.203 e. The molecule has 1 rings (SSSR count). The van der Waals surface area contributed by atoms with E-state index in [-0.39, 0.29) is 0 Å². The summed E-state index contributed by atoms with van der Waals surface area (Å²) in [6, 6.07) is 3.18. The second-order valence-electron chi connectivity index (χ2n) is 2.58. The van der Waals surface area contributed by atoms with Crippen LogP contribution in [0.3, 0.4) is 0 Å². The third-order valence-corrected chi connectivity index (χ3v) is 1.82. The Balaban J connectivity index is 3.31. The summed E-state index contributed by atoms with van der Waals surface area (Å²) in [5.74, 6) is 1.45. The summed E-state index contributed by atoms with van der Waals surface area (Å²) in [7, 11) is 4.53. The van der Waals surface area contributed by atoms with E-state index < -0.39 is 0 Å². The third-order valence-electron chi connectivity index (χ3n) is 1.82. The standard InChI is InChI=1S/C10H12O4/c1-12-8-4-7(6-11)5-9(13-2)10(8)14-3/h4-6H,1-3H3/i1+1,2+1,3+1. The fourth-order valence-corrected chi connectivity index (χ4v) is 1.17. The molecular weight excluding hydrogens is 187 g/mol. The van der Waals surface area contributed by atoms with Gasteiger partial charge in [-0.1, -0.05) is 0 Å². The van der Waals surface area contributed by atoms with Crippen LogP contribution in [0.15, 0.2) is 12.1 Å². The van der Waals surface area contributed by atoms with E-state index in [0.717, 1.165) is 6.29 Å². The highest BCUT2D eigenvalue weighted by Gasteiger charge is 2.12. The molecule has 0 radical (unpaired) electrons. The van der Waals surface area contributed by atoms with Crippen molar-refractivity contribution in [3.63, 3.8) is 0 Å². The van der Waals surface area contributed by atoms with Crippen LogP contribution in [-0.2, 0) is 0 Å². The van der Waals surface area contributed by atoms with E-state index in [0.29, 0.717) is 22.8 Å². The molecule has 0 amide bonds. The zero-order valence-electron chi connectivity index (χ0n) is 8.37. The lowest BCUT2D eigenvalue weighted by Gasteiger charge is -2.11. The Bertz CT molecular complexity index is 308. The molecule has 0 heterocycles. The molecule has 0 fully saturated rings. The molecule has 0 atom stereocenters. The zero-order valence-corrected chi connectivity index (χ0v) is 8.37. The van der Waals surface area contributed by atoms with Gasteiger partial charge >= 0.3 is 0 Å². The van der Waals surface area contributed by atoms with Crippen LogP contribution >= 0.6 is 0 Å². The van der Waals surface area contributed by atoms with Crippen LogP contribution in [-0.4, -0.2) is 27.6 Å². The van der Waals surface area contributed by atoms with Crippen LogP contribution in [0.4, 0.5) is 0 Å². The number of carbonyl (C=O) groups is 1. The van der Waals surface area contributed by atoms with Gasteiger partial charge in [-0.2, -0.15) is 0 Å². The van der Waals surface area contributed by atoms with Crippen molar-refractivity contribution in [2.45, 2.75) is 0 Å². The summed E-state index contributed by atoms with van der Waals surface area (Å²) in [6.07, 6.45) is 0.727. The smallest absolute Gasteiger partial charge is 0.203 e. The van der Waals surface area contributed by atoms with E-state index in [2.05, 4.69) is 0 Å². The summed E-state index contributed by atoms with van der Waals surface area (Å²) in [5.41, 5.74) is 0.486. The highest BCUT2D eigenvalue weighted by molar-refractivity contribution is 5.78. The summed E-state index contributed by atoms with van der Waals surface area (Å²) in [5, 5.41) is 0. The quantitative estimate of drug-likeness (QED) is 0.544. The van der Waals surface area contributed by atoms with Gasteiger partial charge in [-0.25, -0.2) is 0 Å². The Hall–Kier alpha value is -1.71. The molecule has 4 heteroatoms. The molecule has 0 saturated heterocycles. The van der Waals surface area contributed by atoms with Crippen molar-refractivity contribution in [1.82, 2.24) is 0 Å². The topological polar surface area (TPSA) is 44.8 Å². The first-order valence-corrected chi connectivity index (χ1v) is 4.02. The molecule has 0 spiro atoms. The Morgan fingerprint density at radius 3 is 1.79 bits per heavy atom. The van der Waals surface area contributed by atoms with Gasteiger partial charge in [0.25, 0.3) is 0 Å². The van der Waals surface area contributed by atoms with Crippen LogP contribution in [0.25, 0.3) is 0 Å². The molecule has 0 unspecified atom stereocenters. The number of aldehydes is 1. The van der Waals surface area contributed by atoms with Crippen LogP contribution in [0.1, 0.15) is 10.4 Å². The SMILES string of the molecule is [13CH3]Oc1cc(C=O)cc(O[13CH3])c1O[13CH3]. The van der Waals surface area contributed by atoms with E-state index in [9.17, 15) is 4.79 Å². The highest BCUT2D eigenvalue weighted by atomic mass is 16.6. The van der Waals surface area contributed by atoms with Gasteiger partial charge in [0.15, 0.2) is 11.5 Å². The first-order chi connectivity index (χ1) is 6.76. The molecule has 76 valence electrons. The summed E-state index contributed by atoms with van der Waals surface area (Å²) >= 11 is 0. The van der Waals surface area contributed by atoms with Crippen LogP contribution in [0.2, 0.25) is 0 Å². The second-order valence-corrected chi connectivity index (χ2v) is 2.58. The monoisotopic (exact) mass is 199 g/mol. The molecule has 0 aliphatic carbocycles. The van der Waals surface area contributed by atoms with Crippen molar-refractivity contribution >= 4 is 6.29 Å². The van der Waals surface area contributed by atoms with Crippen molar-refractivity contribution in [2.75, 3.05) is 21.3 Å². The lowest BCUT2D eigenvalue weighted by Crippen LogP contribution is -1.96. The van der Waals surface area contributed by atoms with Crippen LogP contribution in [0.5, 0.6) is 17.2 Å². The number of carbonyl (C=O) groups excluding carboxylic acids is 1. The van der Waals surface area contributed by atoms with Crippen molar-refractivity contribution in [3.8, 4) is 17.2 Å². The van der Waals surface area contributed by atoms with E-state index in [1.54, 1.807) is 12.1 Å². The van der Waals surface area contributed by atoms with Crippen molar-refractivity contribution in [1.29, 1.82) is 0 Å². The molecule has 0 aromatic heterocycles. The van der Waals surface area contributed by atoms with E-state index in [1.807, 2.05) is 0 Å². The van der Waals surface area contributed by atoms with E-state index in [1.165, 1.54) is 21.3 Å². The minimum absolute atomic E-state index is 0.481. The molecule has 0 aliphatic rings. The summed E-state index contributed by atoms with van der Waals surface area (Å²) < 4.78 is 15.2. The van der Waals surface area contributed by atoms with Crippen molar-refractivity contribution < 1.29 is 19.0 Å². The maximum atomic E-state index is 10.6. The maximum absolute atomic E-state index is 10.6. The fourth-order valence-electron chi connectivity index (χ4n) is 1.17. The normalized spacial score (nSPS) is 9.36. The first kappa shape index (κ1) is 10.4. The lowest BCUT2D eigenvalue weighted by atomic mass is 10.2. The van der Waals surface area contributed by atoms with E-state index in [4.69, 9.17) is 14.2 Å². The van der Waals surface area contributed by atoms with Gasteiger partial charge < -0.3 is 14.2 Å². The molecule has 14 heavy (non-hydrogen) atoms. The Morgan fingerprint density at radius 1 is 1.00 bits per heavy atom. The zero-order chi connectivity index (χ0) is 10.6. The van der Waals surface area contributed by atoms with E-state index >= 15 is 0 Å². The van der Waals surface area contributed by atoms with Gasteiger partial charge in [-0.15, -0.1) is 0 Å². The van der Waals surface area contributed by atoms with Gasteiger partial charge in [0, 0.05) is 5.56 Å². The van der Waals surface area contributed by atoms with Gasteiger partial charge in [0.1, 0.15) is 6.29 Å². The van der Waals surface area contributed by atoms with Gasteiger partial charge in [-0.05, 0) is 12.1 Å². The summed E-state index contributed by atoms with van der Waals surface area (Å²) in [6.45, 7) is 0. The molecule has 1 aromatic rings. The average molecular weight is 199 g/mol. The number of ether oxygens (including phenoxy) is 3. The Morgan fingerprint density at radius 2 is 1.50 bits per heavy atom. The molecular formula is C10H12O4. The minimum Gasteiger partial charge on any atom is -0.493 e. The average Bonchev–Trinajstić information content (AvgIpc) is 2.26. The number of hydrogen-bond donors (Lipinski definition) is 0. The predicted octanol–water partition coefficient (Wildman–Crippen LogP) is 1.52. The fraction of sp³-hybridized carbons (Fsp3) is 0.300. The van der Waals surface area contributed by atoms with Gasteiger partial charge in [-0.3, -0.25) is 4.79 Å². The second kappa shape index (κ2) is 4.50. The van der Waals surface area contributed by atoms with Crippen LogP contribution in [0, 0.1) is 0 Å². The molecule has 0 N–H and O–H groups in total. The predicted molar refractivity (Wildman–Crippen MR) is 51.5 cm³/mol. The highest BCUT2D eigenvalue weighted by Crippen LogP contribution is 2.37. The molecule has 1 aromatic carbocycles. The first-order valence-electron chi connectivity index (χ1n) is 4.02. The molecule has 0 saturated carbocycles. The van der Waals surface area contributed by atoms with Gasteiger partial charge in [0.2, 0.25) is 5.75 Å². The van der Waals surface area contributed by atoms with Crippen molar-refractivity contribution in [2.24, 2.45) is 0 Å². The molecule has 0 bridgehead atoms. The Kier molecular flexibility index (Phi) is 3.34.